The van der Waals surface area contributed by atoms with Gasteiger partial charge < -0.3 is 4.74 Å². The van der Waals surface area contributed by atoms with Crippen molar-refractivity contribution in [2.45, 2.75) is 25.2 Å². The molecule has 5 rings (SSSR count). The number of hydrogen-bond donors (Lipinski definition) is 0. The highest BCUT2D eigenvalue weighted by molar-refractivity contribution is 5.72. The lowest BCUT2D eigenvalue weighted by atomic mass is 9.93. The third-order valence-electron chi connectivity index (χ3n) is 5.71. The molecule has 0 aliphatic carbocycles. The van der Waals surface area contributed by atoms with Crippen LogP contribution < -0.4 is 0 Å². The summed E-state index contributed by atoms with van der Waals surface area (Å²) >= 11 is 0. The van der Waals surface area contributed by atoms with Gasteiger partial charge in [0.05, 0.1) is 12.6 Å². The first-order chi connectivity index (χ1) is 12.3. The Morgan fingerprint density at radius 1 is 0.840 bits per heavy atom. The predicted octanol–water partition coefficient (Wildman–Crippen LogP) is 5.11. The Labute approximate surface area is 148 Å². The first-order valence-electron chi connectivity index (χ1n) is 8.91. The molecule has 0 amide bonds. The van der Waals surface area contributed by atoms with Crippen LogP contribution in [0.15, 0.2) is 78.9 Å². The average Bonchev–Trinajstić information content (AvgIpc) is 2.95. The largest absolute Gasteiger partial charge is 0.354 e. The second-order valence-electron chi connectivity index (χ2n) is 7.05. The molecule has 0 saturated carbocycles. The van der Waals surface area contributed by atoms with E-state index in [-0.39, 0.29) is 6.04 Å². The van der Waals surface area contributed by atoms with Crippen LogP contribution >= 0.6 is 0 Å². The summed E-state index contributed by atoms with van der Waals surface area (Å²) in [5.74, 6) is 0. The summed E-state index contributed by atoms with van der Waals surface area (Å²) in [7, 11) is 0. The van der Waals surface area contributed by atoms with Gasteiger partial charge in [-0.15, -0.1) is 0 Å². The van der Waals surface area contributed by atoms with Crippen LogP contribution in [0.4, 0.5) is 0 Å². The van der Waals surface area contributed by atoms with Gasteiger partial charge in [-0.3, -0.25) is 4.90 Å². The fourth-order valence-corrected chi connectivity index (χ4v) is 4.38. The van der Waals surface area contributed by atoms with Crippen LogP contribution in [0.25, 0.3) is 11.1 Å². The van der Waals surface area contributed by atoms with Crippen molar-refractivity contribution in [2.24, 2.45) is 0 Å². The molecule has 2 heteroatoms. The van der Waals surface area contributed by atoms with E-state index in [4.69, 9.17) is 4.74 Å². The minimum atomic E-state index is -0.407. The van der Waals surface area contributed by atoms with E-state index in [1.54, 1.807) is 0 Å². The van der Waals surface area contributed by atoms with Crippen molar-refractivity contribution in [3.8, 4) is 11.1 Å². The Morgan fingerprint density at radius 3 is 2.36 bits per heavy atom. The van der Waals surface area contributed by atoms with Gasteiger partial charge in [-0.25, -0.2) is 0 Å². The molecular formula is C23H21NO. The van der Waals surface area contributed by atoms with Crippen LogP contribution in [-0.2, 0) is 17.0 Å². The highest BCUT2D eigenvalue weighted by Gasteiger charge is 2.48. The normalized spacial score (nSPS) is 24.9. The number of fused-ring (bicyclic) bond motifs is 5. The van der Waals surface area contributed by atoms with Gasteiger partial charge in [-0.1, -0.05) is 78.9 Å². The van der Waals surface area contributed by atoms with Crippen LogP contribution in [0.5, 0.6) is 0 Å². The molecule has 0 spiro atoms. The second kappa shape index (κ2) is 5.55. The molecule has 0 radical (unpaired) electrons. The summed E-state index contributed by atoms with van der Waals surface area (Å²) in [5, 5.41) is 0. The van der Waals surface area contributed by atoms with Crippen LogP contribution in [-0.4, -0.2) is 11.5 Å². The first kappa shape index (κ1) is 14.9. The molecule has 2 atom stereocenters. The maximum Gasteiger partial charge on any atom is 0.146 e. The molecular weight excluding hydrogens is 306 g/mol. The van der Waals surface area contributed by atoms with E-state index in [2.05, 4.69) is 90.7 Å². The van der Waals surface area contributed by atoms with E-state index in [1.807, 2.05) is 0 Å². The molecule has 3 aromatic carbocycles. The van der Waals surface area contributed by atoms with Crippen molar-refractivity contribution in [3.63, 3.8) is 0 Å². The van der Waals surface area contributed by atoms with Crippen molar-refractivity contribution >= 4 is 0 Å². The molecule has 2 aliphatic heterocycles. The Balaban J connectivity index is 1.72. The molecule has 2 aliphatic rings. The minimum absolute atomic E-state index is 0.269. The first-order valence-corrected chi connectivity index (χ1v) is 8.91. The van der Waals surface area contributed by atoms with Crippen molar-refractivity contribution < 1.29 is 4.74 Å². The number of benzene rings is 3. The van der Waals surface area contributed by atoms with Crippen LogP contribution in [0, 0.1) is 0 Å². The highest BCUT2D eigenvalue weighted by Crippen LogP contribution is 2.49. The summed E-state index contributed by atoms with van der Waals surface area (Å²) in [5.41, 5.74) is 6.16. The monoisotopic (exact) mass is 327 g/mol. The third-order valence-corrected chi connectivity index (χ3v) is 5.71. The molecule has 1 saturated heterocycles. The molecule has 25 heavy (non-hydrogen) atoms. The molecule has 0 N–H and O–H groups in total. The topological polar surface area (TPSA) is 12.5 Å². The standard InChI is InChI=1S/C23H21NO/c1-23-21-14-8-7-13-20(21)19-12-6-5-11-18(19)15-24(23)22(16-25-23)17-9-3-2-4-10-17/h2-14,22H,15-16H2,1H3/t22-,23-/m0/s1. The van der Waals surface area contributed by atoms with Gasteiger partial charge in [0.25, 0.3) is 0 Å². The van der Waals surface area contributed by atoms with Gasteiger partial charge in [0, 0.05) is 12.1 Å². The highest BCUT2D eigenvalue weighted by atomic mass is 16.5. The molecule has 1 fully saturated rings. The van der Waals surface area contributed by atoms with Gasteiger partial charge in [-0.2, -0.15) is 0 Å². The molecule has 2 nitrogen and oxygen atoms in total. The SMILES string of the molecule is C[C@@]12OC[C@@H](c3ccccc3)N1Cc1ccccc1-c1ccccc12. The zero-order valence-electron chi connectivity index (χ0n) is 14.4. The Morgan fingerprint density at radius 2 is 1.52 bits per heavy atom. The van der Waals surface area contributed by atoms with Crippen LogP contribution in [0.2, 0.25) is 0 Å². The van der Waals surface area contributed by atoms with E-state index in [0.29, 0.717) is 0 Å². The minimum Gasteiger partial charge on any atom is -0.354 e. The van der Waals surface area contributed by atoms with E-state index >= 15 is 0 Å². The summed E-state index contributed by atoms with van der Waals surface area (Å²) in [4.78, 5) is 2.52. The van der Waals surface area contributed by atoms with Crippen LogP contribution in [0.1, 0.15) is 29.7 Å². The van der Waals surface area contributed by atoms with Crippen molar-refractivity contribution in [1.82, 2.24) is 4.90 Å². The van der Waals surface area contributed by atoms with Crippen molar-refractivity contribution in [1.29, 1.82) is 0 Å². The maximum atomic E-state index is 6.48. The molecule has 0 unspecified atom stereocenters. The number of ether oxygens (including phenoxy) is 1. The Bertz CT molecular complexity index is 920. The summed E-state index contributed by atoms with van der Waals surface area (Å²) in [6, 6.07) is 28.4. The van der Waals surface area contributed by atoms with E-state index in [9.17, 15) is 0 Å². The Hall–Kier alpha value is -2.42. The van der Waals surface area contributed by atoms with Crippen LogP contribution in [0.3, 0.4) is 0 Å². The maximum absolute atomic E-state index is 6.48. The molecule has 124 valence electrons. The Kier molecular flexibility index (Phi) is 3.30. The zero-order chi connectivity index (χ0) is 16.9. The number of hydrogen-bond acceptors (Lipinski definition) is 2. The third kappa shape index (κ3) is 2.18. The van der Waals surface area contributed by atoms with Gasteiger partial charge in [0.15, 0.2) is 0 Å². The van der Waals surface area contributed by atoms with Crippen molar-refractivity contribution in [3.05, 3.63) is 95.6 Å². The molecule has 0 bridgehead atoms. The molecule has 3 aromatic rings. The summed E-state index contributed by atoms with van der Waals surface area (Å²) in [6.45, 7) is 3.83. The van der Waals surface area contributed by atoms with E-state index in [0.717, 1.165) is 13.2 Å². The van der Waals surface area contributed by atoms with Gasteiger partial charge in [0.1, 0.15) is 5.72 Å². The zero-order valence-corrected chi connectivity index (χ0v) is 14.4. The smallest absolute Gasteiger partial charge is 0.146 e. The fraction of sp³-hybridized carbons (Fsp3) is 0.217. The number of nitrogens with zero attached hydrogens (tertiary/aromatic N) is 1. The lowest BCUT2D eigenvalue weighted by Crippen LogP contribution is -2.39. The van der Waals surface area contributed by atoms with Gasteiger partial charge in [0.2, 0.25) is 0 Å². The van der Waals surface area contributed by atoms with Gasteiger partial charge >= 0.3 is 0 Å². The van der Waals surface area contributed by atoms with E-state index in [1.165, 1.54) is 27.8 Å². The molecule has 2 heterocycles. The second-order valence-corrected chi connectivity index (χ2v) is 7.05. The lowest BCUT2D eigenvalue weighted by Gasteiger charge is -2.36. The van der Waals surface area contributed by atoms with E-state index < -0.39 is 5.72 Å². The quantitative estimate of drug-likeness (QED) is 0.615. The lowest BCUT2D eigenvalue weighted by molar-refractivity contribution is -0.0791. The summed E-state index contributed by atoms with van der Waals surface area (Å²) in [6.07, 6.45) is 0. The average molecular weight is 327 g/mol. The summed E-state index contributed by atoms with van der Waals surface area (Å²) < 4.78 is 6.48. The number of rotatable bonds is 1. The van der Waals surface area contributed by atoms with Gasteiger partial charge in [-0.05, 0) is 29.2 Å². The fourth-order valence-electron chi connectivity index (χ4n) is 4.38. The molecule has 0 aromatic heterocycles. The van der Waals surface area contributed by atoms with Crippen molar-refractivity contribution in [2.75, 3.05) is 6.61 Å². The predicted molar refractivity (Wildman–Crippen MR) is 99.9 cm³/mol.